The average Bonchev–Trinajstić information content (AvgIpc) is 2.24. The van der Waals surface area contributed by atoms with E-state index in [1.165, 1.54) is 0 Å². The summed E-state index contributed by atoms with van der Waals surface area (Å²) in [6.45, 7) is 4.40. The van der Waals surface area contributed by atoms with E-state index in [4.69, 9.17) is 16.7 Å². The molecule has 0 aliphatic carbocycles. The van der Waals surface area contributed by atoms with Crippen LogP contribution in [0.5, 0.6) is 0 Å². The minimum Gasteiger partial charge on any atom is -0.480 e. The maximum atomic E-state index is 11.0. The summed E-state index contributed by atoms with van der Waals surface area (Å²) in [7, 11) is 0. The number of carbonyl (C=O) groups is 1. The molecule has 0 saturated heterocycles. The highest BCUT2D eigenvalue weighted by atomic mass is 35.5. The number of rotatable bonds is 5. The van der Waals surface area contributed by atoms with Gasteiger partial charge in [-0.3, -0.25) is 0 Å². The van der Waals surface area contributed by atoms with Crippen LogP contribution in [-0.2, 0) is 4.79 Å². The van der Waals surface area contributed by atoms with Crippen LogP contribution < -0.4 is 4.90 Å². The maximum Gasteiger partial charge on any atom is 0.326 e. The van der Waals surface area contributed by atoms with Crippen LogP contribution in [0, 0.1) is 0 Å². The molecule has 0 fully saturated rings. The highest BCUT2D eigenvalue weighted by Gasteiger charge is 2.20. The molecule has 0 aliphatic heterocycles. The predicted octanol–water partition coefficient (Wildman–Crippen LogP) is 3.03. The Morgan fingerprint density at radius 3 is 2.75 bits per heavy atom. The van der Waals surface area contributed by atoms with Crippen molar-refractivity contribution < 1.29 is 9.90 Å². The summed E-state index contributed by atoms with van der Waals surface area (Å²) in [4.78, 5) is 12.8. The quantitative estimate of drug-likeness (QED) is 0.862. The molecule has 16 heavy (non-hydrogen) atoms. The van der Waals surface area contributed by atoms with Crippen molar-refractivity contribution >= 4 is 23.3 Å². The van der Waals surface area contributed by atoms with Crippen molar-refractivity contribution in [3.8, 4) is 0 Å². The lowest BCUT2D eigenvalue weighted by molar-refractivity contribution is -0.138. The lowest BCUT2D eigenvalue weighted by Gasteiger charge is -2.28. The second-order valence-electron chi connectivity index (χ2n) is 3.69. The van der Waals surface area contributed by atoms with E-state index in [1.54, 1.807) is 19.1 Å². The molecule has 0 saturated carbocycles. The summed E-state index contributed by atoms with van der Waals surface area (Å²) in [6.07, 6.45) is 0.893. The van der Waals surface area contributed by atoms with E-state index in [1.807, 2.05) is 24.0 Å². The molecular formula is C12H16ClNO2. The molecule has 0 unspecified atom stereocenters. The Labute approximate surface area is 101 Å². The van der Waals surface area contributed by atoms with Crippen molar-refractivity contribution in [1.29, 1.82) is 0 Å². The molecule has 0 radical (unpaired) electrons. The smallest absolute Gasteiger partial charge is 0.326 e. The number of carboxylic acid groups (broad SMARTS) is 1. The zero-order valence-corrected chi connectivity index (χ0v) is 10.2. The van der Waals surface area contributed by atoms with Gasteiger partial charge in [-0.25, -0.2) is 4.79 Å². The zero-order valence-electron chi connectivity index (χ0n) is 9.48. The Morgan fingerprint density at radius 2 is 2.25 bits per heavy atom. The maximum absolute atomic E-state index is 11.0. The van der Waals surface area contributed by atoms with Gasteiger partial charge in [0.25, 0.3) is 0 Å². The van der Waals surface area contributed by atoms with Crippen molar-refractivity contribution in [2.45, 2.75) is 26.3 Å². The van der Waals surface area contributed by atoms with E-state index >= 15 is 0 Å². The summed E-state index contributed by atoms with van der Waals surface area (Å²) in [5.74, 6) is -0.826. The molecule has 1 atom stereocenters. The van der Waals surface area contributed by atoms with Gasteiger partial charge in [0.05, 0.1) is 0 Å². The molecule has 1 N–H and O–H groups in total. The van der Waals surface area contributed by atoms with Crippen molar-refractivity contribution in [3.05, 3.63) is 29.3 Å². The SMILES string of the molecule is CCCN(c1cccc(Cl)c1)[C@H](C)C(=O)O. The normalized spacial score (nSPS) is 12.2. The second kappa shape index (κ2) is 5.75. The standard InChI is InChI=1S/C12H16ClNO2/c1-3-7-14(9(2)12(15)16)11-6-4-5-10(13)8-11/h4-6,8-9H,3,7H2,1-2H3,(H,15,16)/t9-/m1/s1. The van der Waals surface area contributed by atoms with Gasteiger partial charge in [-0.1, -0.05) is 24.6 Å². The van der Waals surface area contributed by atoms with Gasteiger partial charge in [-0.15, -0.1) is 0 Å². The van der Waals surface area contributed by atoms with Gasteiger partial charge in [0, 0.05) is 17.3 Å². The predicted molar refractivity (Wildman–Crippen MR) is 66.2 cm³/mol. The van der Waals surface area contributed by atoms with Crippen LogP contribution in [0.1, 0.15) is 20.3 Å². The van der Waals surface area contributed by atoms with E-state index < -0.39 is 12.0 Å². The van der Waals surface area contributed by atoms with Gasteiger partial charge in [-0.05, 0) is 31.5 Å². The lowest BCUT2D eigenvalue weighted by Crippen LogP contribution is -2.39. The third-order valence-electron chi connectivity index (χ3n) is 2.43. The molecule has 0 amide bonds. The fraction of sp³-hybridized carbons (Fsp3) is 0.417. The molecule has 1 aromatic carbocycles. The van der Waals surface area contributed by atoms with Crippen LogP contribution in [0.4, 0.5) is 5.69 Å². The number of benzene rings is 1. The molecule has 0 heterocycles. The van der Waals surface area contributed by atoms with Gasteiger partial charge in [-0.2, -0.15) is 0 Å². The summed E-state index contributed by atoms with van der Waals surface area (Å²) in [5.41, 5.74) is 0.851. The molecule has 3 nitrogen and oxygen atoms in total. The minimum absolute atomic E-state index is 0.543. The largest absolute Gasteiger partial charge is 0.480 e. The van der Waals surface area contributed by atoms with E-state index in [0.29, 0.717) is 11.6 Å². The van der Waals surface area contributed by atoms with Crippen molar-refractivity contribution in [2.24, 2.45) is 0 Å². The van der Waals surface area contributed by atoms with Gasteiger partial charge < -0.3 is 10.0 Å². The lowest BCUT2D eigenvalue weighted by atomic mass is 10.2. The van der Waals surface area contributed by atoms with E-state index in [9.17, 15) is 4.79 Å². The summed E-state index contributed by atoms with van der Waals surface area (Å²) < 4.78 is 0. The number of anilines is 1. The zero-order chi connectivity index (χ0) is 12.1. The number of carboxylic acids is 1. The first-order chi connectivity index (χ1) is 7.56. The number of hydrogen-bond donors (Lipinski definition) is 1. The first-order valence-corrected chi connectivity index (χ1v) is 5.69. The second-order valence-corrected chi connectivity index (χ2v) is 4.12. The highest BCUT2D eigenvalue weighted by molar-refractivity contribution is 6.30. The van der Waals surface area contributed by atoms with Crippen LogP contribution in [0.25, 0.3) is 0 Å². The number of aliphatic carboxylic acids is 1. The Hall–Kier alpha value is -1.22. The van der Waals surface area contributed by atoms with Crippen LogP contribution in [0.3, 0.4) is 0 Å². The molecule has 0 aromatic heterocycles. The Kier molecular flexibility index (Phi) is 4.62. The van der Waals surface area contributed by atoms with Gasteiger partial charge in [0.1, 0.15) is 6.04 Å². The number of hydrogen-bond acceptors (Lipinski definition) is 2. The van der Waals surface area contributed by atoms with Crippen LogP contribution in [-0.4, -0.2) is 23.7 Å². The summed E-state index contributed by atoms with van der Waals surface area (Å²) >= 11 is 5.90. The van der Waals surface area contributed by atoms with Crippen LogP contribution in [0.2, 0.25) is 5.02 Å². The monoisotopic (exact) mass is 241 g/mol. The summed E-state index contributed by atoms with van der Waals surface area (Å²) in [6, 6.07) is 6.73. The molecular weight excluding hydrogens is 226 g/mol. The number of nitrogens with zero attached hydrogens (tertiary/aromatic N) is 1. The molecule has 88 valence electrons. The van der Waals surface area contributed by atoms with Crippen LogP contribution in [0.15, 0.2) is 24.3 Å². The highest BCUT2D eigenvalue weighted by Crippen LogP contribution is 2.21. The Bertz CT molecular complexity index is 368. The third kappa shape index (κ3) is 3.14. The molecule has 0 spiro atoms. The van der Waals surface area contributed by atoms with E-state index in [0.717, 1.165) is 12.1 Å². The van der Waals surface area contributed by atoms with Gasteiger partial charge >= 0.3 is 5.97 Å². The third-order valence-corrected chi connectivity index (χ3v) is 2.66. The van der Waals surface area contributed by atoms with E-state index in [2.05, 4.69) is 0 Å². The van der Waals surface area contributed by atoms with Crippen molar-refractivity contribution in [3.63, 3.8) is 0 Å². The molecule has 0 bridgehead atoms. The topological polar surface area (TPSA) is 40.5 Å². The number of halogens is 1. The van der Waals surface area contributed by atoms with Crippen LogP contribution >= 0.6 is 11.6 Å². The first-order valence-electron chi connectivity index (χ1n) is 5.31. The van der Waals surface area contributed by atoms with Gasteiger partial charge in [0.2, 0.25) is 0 Å². The van der Waals surface area contributed by atoms with E-state index in [-0.39, 0.29) is 0 Å². The minimum atomic E-state index is -0.826. The fourth-order valence-corrected chi connectivity index (χ4v) is 1.76. The Balaban J connectivity index is 2.97. The Morgan fingerprint density at radius 1 is 1.56 bits per heavy atom. The first kappa shape index (κ1) is 12.8. The molecule has 1 aromatic rings. The molecule has 1 rings (SSSR count). The summed E-state index contributed by atoms with van der Waals surface area (Å²) in [5, 5.41) is 9.66. The molecule has 4 heteroatoms. The van der Waals surface area contributed by atoms with Crippen molar-refractivity contribution in [2.75, 3.05) is 11.4 Å². The molecule has 0 aliphatic rings. The van der Waals surface area contributed by atoms with Gasteiger partial charge in [0.15, 0.2) is 0 Å². The average molecular weight is 242 g/mol. The fourth-order valence-electron chi connectivity index (χ4n) is 1.58. The van der Waals surface area contributed by atoms with Crippen molar-refractivity contribution in [1.82, 2.24) is 0 Å².